The number of rotatable bonds is 8. The van der Waals surface area contributed by atoms with E-state index in [9.17, 15) is 14.4 Å². The molecule has 5 nitrogen and oxygen atoms in total. The number of carbonyl (C=O) groups is 3. The van der Waals surface area contributed by atoms with Gasteiger partial charge in [-0.05, 0) is 81.8 Å². The van der Waals surface area contributed by atoms with Crippen LogP contribution in [0, 0.1) is 37.0 Å². The number of ketones is 1. The third-order valence-corrected chi connectivity index (χ3v) is 8.01. The van der Waals surface area contributed by atoms with Crippen molar-refractivity contribution in [2.45, 2.75) is 52.4 Å². The van der Waals surface area contributed by atoms with Gasteiger partial charge in [0, 0.05) is 11.1 Å². The van der Waals surface area contributed by atoms with Crippen LogP contribution in [-0.2, 0) is 19.1 Å². The number of thioether (sulfide) groups is 1. The maximum Gasteiger partial charge on any atom is 0.316 e. The molecule has 0 aromatic heterocycles. The van der Waals surface area contributed by atoms with Gasteiger partial charge in [-0.15, -0.1) is 11.8 Å². The number of carbonyl (C=O) groups excluding carboxylic acids is 3. The highest BCUT2D eigenvalue weighted by Gasteiger charge is 2.54. The second-order valence-electron chi connectivity index (χ2n) is 9.64. The number of Topliss-reactive ketones (excluding diaryl/α,β-unsaturated/α-hetero) is 1. The molecule has 6 heteroatoms. The van der Waals surface area contributed by atoms with Crippen LogP contribution >= 0.6 is 11.8 Å². The normalized spacial score (nSPS) is 28.9. The molecule has 0 saturated heterocycles. The van der Waals surface area contributed by atoms with E-state index < -0.39 is 5.97 Å². The molecule has 1 aromatic carbocycles. The van der Waals surface area contributed by atoms with Crippen molar-refractivity contribution in [3.05, 3.63) is 29.3 Å². The van der Waals surface area contributed by atoms with Crippen LogP contribution in [0.2, 0.25) is 0 Å². The maximum atomic E-state index is 12.9. The quantitative estimate of drug-likeness (QED) is 0.624. The number of aryl methyl sites for hydroxylation is 2. The number of nitrogens with one attached hydrogen (secondary N) is 1. The molecular formula is C24H31NO4S. The molecule has 1 amide bonds. The Morgan fingerprint density at radius 1 is 1.03 bits per heavy atom. The second-order valence-corrected chi connectivity index (χ2v) is 10.6. The van der Waals surface area contributed by atoms with Gasteiger partial charge < -0.3 is 10.1 Å². The molecule has 0 aliphatic heterocycles. The van der Waals surface area contributed by atoms with E-state index in [2.05, 4.69) is 5.32 Å². The van der Waals surface area contributed by atoms with Crippen molar-refractivity contribution in [3.63, 3.8) is 0 Å². The highest BCUT2D eigenvalue weighted by molar-refractivity contribution is 8.00. The van der Waals surface area contributed by atoms with Gasteiger partial charge in [0.2, 0.25) is 5.91 Å². The lowest BCUT2D eigenvalue weighted by Gasteiger charge is -2.55. The molecule has 1 aromatic rings. The van der Waals surface area contributed by atoms with Crippen molar-refractivity contribution in [1.29, 1.82) is 0 Å². The summed E-state index contributed by atoms with van der Waals surface area (Å²) in [5.41, 5.74) is 2.71. The second kappa shape index (κ2) is 8.74. The molecule has 1 N–H and O–H groups in total. The van der Waals surface area contributed by atoms with Crippen LogP contribution in [0.15, 0.2) is 18.2 Å². The first-order chi connectivity index (χ1) is 14.3. The molecule has 30 heavy (non-hydrogen) atoms. The third kappa shape index (κ3) is 4.74. The summed E-state index contributed by atoms with van der Waals surface area (Å²) in [6, 6.07) is 5.85. The van der Waals surface area contributed by atoms with Crippen molar-refractivity contribution in [2.75, 3.05) is 23.4 Å². The molecule has 0 unspecified atom stereocenters. The summed E-state index contributed by atoms with van der Waals surface area (Å²) in [4.78, 5) is 37.1. The summed E-state index contributed by atoms with van der Waals surface area (Å²) in [5.74, 6) is 1.89. The molecule has 5 rings (SSSR count). The smallest absolute Gasteiger partial charge is 0.316 e. The number of anilines is 1. The Kier molecular flexibility index (Phi) is 6.24. The molecule has 0 heterocycles. The molecule has 0 radical (unpaired) electrons. The zero-order valence-corrected chi connectivity index (χ0v) is 18.7. The SMILES string of the molecule is Cc1ccc(NC(=O)CSCC(=O)OCC(=O)C23CC4CC(CC(C4)C2)C3)c(C)c1. The Morgan fingerprint density at radius 3 is 2.27 bits per heavy atom. The van der Waals surface area contributed by atoms with Crippen LogP contribution < -0.4 is 5.32 Å². The van der Waals surface area contributed by atoms with Gasteiger partial charge in [-0.2, -0.15) is 0 Å². The van der Waals surface area contributed by atoms with E-state index in [-0.39, 0.29) is 35.2 Å². The summed E-state index contributed by atoms with van der Waals surface area (Å²) in [6.45, 7) is 3.85. The maximum absolute atomic E-state index is 12.9. The fourth-order valence-corrected chi connectivity index (χ4v) is 6.77. The van der Waals surface area contributed by atoms with Gasteiger partial charge in [-0.3, -0.25) is 14.4 Å². The van der Waals surface area contributed by atoms with Crippen molar-refractivity contribution >= 4 is 35.1 Å². The van der Waals surface area contributed by atoms with Crippen molar-refractivity contribution in [2.24, 2.45) is 23.2 Å². The first kappa shape index (κ1) is 21.4. The first-order valence-electron chi connectivity index (χ1n) is 11.0. The lowest BCUT2D eigenvalue weighted by atomic mass is 9.48. The summed E-state index contributed by atoms with van der Waals surface area (Å²) in [7, 11) is 0. The number of benzene rings is 1. The molecule has 4 aliphatic rings. The summed E-state index contributed by atoms with van der Waals surface area (Å²) >= 11 is 1.21. The number of hydrogen-bond donors (Lipinski definition) is 1. The molecule has 4 aliphatic carbocycles. The Balaban J connectivity index is 1.17. The number of hydrogen-bond acceptors (Lipinski definition) is 5. The molecule has 162 valence electrons. The van der Waals surface area contributed by atoms with Gasteiger partial charge in [0.25, 0.3) is 0 Å². The Morgan fingerprint density at radius 2 is 1.67 bits per heavy atom. The van der Waals surface area contributed by atoms with Crippen LogP contribution in [0.4, 0.5) is 5.69 Å². The van der Waals surface area contributed by atoms with Gasteiger partial charge in [-0.25, -0.2) is 0 Å². The van der Waals surface area contributed by atoms with E-state index in [1.165, 1.54) is 31.0 Å². The molecule has 4 saturated carbocycles. The zero-order chi connectivity index (χ0) is 21.3. The Bertz CT molecular complexity index is 814. The van der Waals surface area contributed by atoms with E-state index in [1.54, 1.807) is 0 Å². The number of ether oxygens (including phenoxy) is 1. The van der Waals surface area contributed by atoms with Gasteiger partial charge in [-0.1, -0.05) is 17.7 Å². The Labute approximate surface area is 182 Å². The summed E-state index contributed by atoms with van der Waals surface area (Å²) < 4.78 is 5.28. The lowest BCUT2D eigenvalue weighted by molar-refractivity contribution is -0.156. The lowest BCUT2D eigenvalue weighted by Crippen LogP contribution is -2.51. The fourth-order valence-electron chi connectivity index (χ4n) is 6.16. The number of esters is 1. The van der Waals surface area contributed by atoms with Crippen LogP contribution in [0.3, 0.4) is 0 Å². The van der Waals surface area contributed by atoms with Crippen LogP contribution in [0.25, 0.3) is 0 Å². The monoisotopic (exact) mass is 429 g/mol. The van der Waals surface area contributed by atoms with Gasteiger partial charge in [0.15, 0.2) is 12.4 Å². The zero-order valence-electron chi connectivity index (χ0n) is 17.9. The molecule has 4 bridgehead atoms. The summed E-state index contributed by atoms with van der Waals surface area (Å²) in [6.07, 6.45) is 6.82. The molecule has 0 atom stereocenters. The van der Waals surface area contributed by atoms with Gasteiger partial charge in [0.1, 0.15) is 0 Å². The predicted molar refractivity (Wildman–Crippen MR) is 118 cm³/mol. The summed E-state index contributed by atoms with van der Waals surface area (Å²) in [5, 5.41) is 2.87. The van der Waals surface area contributed by atoms with E-state index in [1.807, 2.05) is 32.0 Å². The minimum atomic E-state index is -0.419. The van der Waals surface area contributed by atoms with Crippen molar-refractivity contribution < 1.29 is 19.1 Å². The highest BCUT2D eigenvalue weighted by atomic mass is 32.2. The van der Waals surface area contributed by atoms with Gasteiger partial charge >= 0.3 is 5.97 Å². The average Bonchev–Trinajstić information content (AvgIpc) is 2.67. The van der Waals surface area contributed by atoms with E-state index in [0.29, 0.717) is 17.8 Å². The third-order valence-electron chi connectivity index (χ3n) is 7.10. The number of amides is 1. The first-order valence-corrected chi connectivity index (χ1v) is 12.1. The molecular weight excluding hydrogens is 398 g/mol. The predicted octanol–water partition coefficient (Wildman–Crippen LogP) is 4.30. The van der Waals surface area contributed by atoms with Gasteiger partial charge in [0.05, 0.1) is 11.5 Å². The standard InChI is InChI=1S/C24H31NO4S/c1-15-3-4-20(16(2)5-15)25-22(27)13-30-14-23(28)29-12-21(26)24-9-17-6-18(10-24)8-19(7-17)11-24/h3-5,17-19H,6-14H2,1-2H3,(H,25,27). The van der Waals surface area contributed by atoms with E-state index in [0.717, 1.165) is 36.1 Å². The highest BCUT2D eigenvalue weighted by Crippen LogP contribution is 2.60. The fraction of sp³-hybridized carbons (Fsp3) is 0.625. The molecule has 0 spiro atoms. The largest absolute Gasteiger partial charge is 0.457 e. The van der Waals surface area contributed by atoms with Crippen LogP contribution in [0.1, 0.15) is 49.7 Å². The minimum absolute atomic E-state index is 0.0778. The van der Waals surface area contributed by atoms with E-state index >= 15 is 0 Å². The molecule has 4 fully saturated rings. The van der Waals surface area contributed by atoms with Crippen molar-refractivity contribution in [1.82, 2.24) is 0 Å². The minimum Gasteiger partial charge on any atom is -0.457 e. The van der Waals surface area contributed by atoms with Crippen LogP contribution in [0.5, 0.6) is 0 Å². The van der Waals surface area contributed by atoms with Crippen molar-refractivity contribution in [3.8, 4) is 0 Å². The average molecular weight is 430 g/mol. The van der Waals surface area contributed by atoms with E-state index in [4.69, 9.17) is 4.74 Å². The Hall–Kier alpha value is -1.82. The van der Waals surface area contributed by atoms with Crippen LogP contribution in [-0.4, -0.2) is 35.8 Å². The topological polar surface area (TPSA) is 72.5 Å².